The van der Waals surface area contributed by atoms with Crippen molar-refractivity contribution in [2.45, 2.75) is 73.1 Å². The summed E-state index contributed by atoms with van der Waals surface area (Å²) in [5.74, 6) is 0.000136. The van der Waals surface area contributed by atoms with Crippen LogP contribution in [-0.2, 0) is 11.3 Å². The van der Waals surface area contributed by atoms with Crippen molar-refractivity contribution in [3.63, 3.8) is 0 Å². The third-order valence-electron chi connectivity index (χ3n) is 6.72. The second-order valence-electron chi connectivity index (χ2n) is 11.7. The molecule has 1 unspecified atom stereocenters. The van der Waals surface area contributed by atoms with Crippen LogP contribution in [0.3, 0.4) is 0 Å². The van der Waals surface area contributed by atoms with Crippen LogP contribution in [0.15, 0.2) is 59.4 Å². The number of benzene rings is 2. The summed E-state index contributed by atoms with van der Waals surface area (Å²) < 4.78 is 6.92. The van der Waals surface area contributed by atoms with Crippen LogP contribution in [0.25, 0.3) is 4.85 Å². The lowest BCUT2D eigenvalue weighted by Gasteiger charge is -2.34. The number of carbonyl (C=O) groups excluding carboxylic acids is 2. The third-order valence-corrected chi connectivity index (χ3v) is 6.72. The highest BCUT2D eigenvalue weighted by Crippen LogP contribution is 2.31. The van der Waals surface area contributed by atoms with E-state index >= 15 is 0 Å². The minimum absolute atomic E-state index is 0.0271. The number of ether oxygens (including phenoxy) is 1. The maximum atomic E-state index is 14.1. The summed E-state index contributed by atoms with van der Waals surface area (Å²) in [6.45, 7) is 21.4. The van der Waals surface area contributed by atoms with Gasteiger partial charge in [-0.15, -0.1) is 4.98 Å². The van der Waals surface area contributed by atoms with Crippen LogP contribution in [0, 0.1) is 26.3 Å². The van der Waals surface area contributed by atoms with Gasteiger partial charge in [-0.05, 0) is 64.7 Å². The lowest BCUT2D eigenvalue weighted by atomic mass is 9.98. The van der Waals surface area contributed by atoms with Gasteiger partial charge in [-0.1, -0.05) is 68.4 Å². The van der Waals surface area contributed by atoms with Gasteiger partial charge in [-0.2, -0.15) is 0 Å². The number of nitrogens with zero attached hydrogens (tertiary/aromatic N) is 4. The number of hydrogen-bond donors (Lipinski definition) is 1. The standard InChI is InChI=1S/C33H41N5O4/c1-22(2)27(29-36-28(34-8)24(4)30(39)38(29)21-25-13-10-9-11-14-25)37(31(40)26-17-15-23(3)16-18-26)20-12-19-35-32(41)42-33(5,6)7/h9-11,13-18,22,27H,12,19-21H2,1-7H3,(H,35,41). The Morgan fingerprint density at radius 1 is 1.07 bits per heavy atom. The van der Waals surface area contributed by atoms with E-state index in [1.165, 1.54) is 0 Å². The van der Waals surface area contributed by atoms with Crippen LogP contribution >= 0.6 is 0 Å². The molecule has 0 aliphatic rings. The Kier molecular flexibility index (Phi) is 10.6. The fraction of sp³-hybridized carbons (Fsp3) is 0.424. The van der Waals surface area contributed by atoms with Gasteiger partial charge in [0.05, 0.1) is 6.54 Å². The summed E-state index contributed by atoms with van der Waals surface area (Å²) in [4.78, 5) is 49.9. The molecule has 0 aliphatic carbocycles. The number of aryl methyl sites for hydroxylation is 1. The van der Waals surface area contributed by atoms with Crippen molar-refractivity contribution in [3.05, 3.63) is 104 Å². The molecule has 3 rings (SSSR count). The number of nitrogens with one attached hydrogen (secondary N) is 1. The van der Waals surface area contributed by atoms with Crippen molar-refractivity contribution in [1.82, 2.24) is 19.8 Å². The van der Waals surface area contributed by atoms with Crippen molar-refractivity contribution in [2.24, 2.45) is 5.92 Å². The summed E-state index contributed by atoms with van der Waals surface area (Å²) in [6, 6.07) is 16.3. The van der Waals surface area contributed by atoms with E-state index in [2.05, 4.69) is 10.2 Å². The Labute approximate surface area is 248 Å². The Morgan fingerprint density at radius 3 is 2.29 bits per heavy atom. The maximum absolute atomic E-state index is 14.1. The number of alkyl carbamates (subject to hydrolysis) is 1. The molecule has 1 aromatic heterocycles. The summed E-state index contributed by atoms with van der Waals surface area (Å²) in [5.41, 5.74) is 1.76. The Morgan fingerprint density at radius 2 is 1.71 bits per heavy atom. The van der Waals surface area contributed by atoms with Gasteiger partial charge in [-0.25, -0.2) is 4.79 Å². The summed E-state index contributed by atoms with van der Waals surface area (Å²) in [6.07, 6.45) is -0.0947. The normalized spacial score (nSPS) is 12.0. The molecular weight excluding hydrogens is 530 g/mol. The fourth-order valence-electron chi connectivity index (χ4n) is 4.69. The monoisotopic (exact) mass is 571 g/mol. The molecule has 222 valence electrons. The van der Waals surface area contributed by atoms with Gasteiger partial charge < -0.3 is 19.8 Å². The van der Waals surface area contributed by atoms with E-state index in [0.717, 1.165) is 11.1 Å². The average Bonchev–Trinajstić information content (AvgIpc) is 2.93. The zero-order chi connectivity index (χ0) is 31.0. The molecule has 42 heavy (non-hydrogen) atoms. The predicted molar refractivity (Wildman–Crippen MR) is 164 cm³/mol. The van der Waals surface area contributed by atoms with E-state index in [0.29, 0.717) is 17.8 Å². The number of carbonyl (C=O) groups is 2. The van der Waals surface area contributed by atoms with Gasteiger partial charge in [0.25, 0.3) is 11.7 Å². The van der Waals surface area contributed by atoms with E-state index in [1.807, 2.05) is 63.2 Å². The molecule has 9 heteroatoms. The van der Waals surface area contributed by atoms with Crippen LogP contribution in [0.5, 0.6) is 0 Å². The molecule has 0 fully saturated rings. The minimum atomic E-state index is -0.627. The molecule has 1 heterocycles. The zero-order valence-electron chi connectivity index (χ0n) is 25.6. The van der Waals surface area contributed by atoms with E-state index in [4.69, 9.17) is 16.3 Å². The lowest BCUT2D eigenvalue weighted by molar-refractivity contribution is 0.0519. The Bertz CT molecular complexity index is 1480. The quantitative estimate of drug-likeness (QED) is 0.230. The minimum Gasteiger partial charge on any atom is -0.444 e. The molecule has 2 aromatic carbocycles. The van der Waals surface area contributed by atoms with Crippen LogP contribution in [-0.4, -0.2) is 45.1 Å². The molecule has 3 aromatic rings. The Hall–Kier alpha value is -4.45. The topological polar surface area (TPSA) is 97.9 Å². The second-order valence-corrected chi connectivity index (χ2v) is 11.7. The molecule has 1 atom stereocenters. The summed E-state index contributed by atoms with van der Waals surface area (Å²) in [5, 5.41) is 2.76. The van der Waals surface area contributed by atoms with Crippen LogP contribution in [0.4, 0.5) is 10.6 Å². The van der Waals surface area contributed by atoms with Gasteiger partial charge in [0, 0.05) is 24.2 Å². The molecule has 1 N–H and O–H groups in total. The molecule has 0 radical (unpaired) electrons. The molecule has 9 nitrogen and oxygen atoms in total. The third kappa shape index (κ3) is 8.29. The van der Waals surface area contributed by atoms with E-state index in [9.17, 15) is 14.4 Å². The number of rotatable bonds is 10. The molecule has 0 aliphatic heterocycles. The highest BCUT2D eigenvalue weighted by atomic mass is 16.6. The lowest BCUT2D eigenvalue weighted by Crippen LogP contribution is -2.43. The first-order valence-corrected chi connectivity index (χ1v) is 14.2. The first-order valence-electron chi connectivity index (χ1n) is 14.2. The smallest absolute Gasteiger partial charge is 0.407 e. The predicted octanol–water partition coefficient (Wildman–Crippen LogP) is 6.21. The van der Waals surface area contributed by atoms with E-state index in [1.54, 1.807) is 49.3 Å². The molecule has 0 bridgehead atoms. The van der Waals surface area contributed by atoms with E-state index < -0.39 is 17.7 Å². The van der Waals surface area contributed by atoms with Gasteiger partial charge in [0.15, 0.2) is 0 Å². The molecular formula is C33H41N5O4. The average molecular weight is 572 g/mol. The molecule has 2 amide bonds. The molecule has 0 saturated heterocycles. The van der Waals surface area contributed by atoms with Crippen molar-refractivity contribution in [3.8, 4) is 0 Å². The van der Waals surface area contributed by atoms with Gasteiger partial charge in [0.2, 0.25) is 11.4 Å². The fourth-order valence-corrected chi connectivity index (χ4v) is 4.69. The maximum Gasteiger partial charge on any atom is 0.407 e. The van der Waals surface area contributed by atoms with Gasteiger partial charge in [-0.3, -0.25) is 14.2 Å². The van der Waals surface area contributed by atoms with Crippen molar-refractivity contribution < 1.29 is 14.3 Å². The summed E-state index contributed by atoms with van der Waals surface area (Å²) >= 11 is 0. The molecule has 0 spiro atoms. The van der Waals surface area contributed by atoms with Crippen molar-refractivity contribution >= 4 is 17.8 Å². The highest BCUT2D eigenvalue weighted by Gasteiger charge is 2.35. The molecule has 0 saturated carbocycles. The SMILES string of the molecule is [C-]#[N+]c1nc(C(C(C)C)N(CCCNC(=O)OC(C)(C)C)C(=O)c2ccc(C)cc2)n(Cc2ccccc2)c(=O)c1C. The van der Waals surface area contributed by atoms with Crippen LogP contribution in [0.1, 0.15) is 80.0 Å². The largest absolute Gasteiger partial charge is 0.444 e. The Balaban J connectivity index is 2.08. The first kappa shape index (κ1) is 32.1. The van der Waals surface area contributed by atoms with E-state index in [-0.39, 0.29) is 48.4 Å². The second kappa shape index (κ2) is 13.9. The number of amides is 2. The summed E-state index contributed by atoms with van der Waals surface area (Å²) in [7, 11) is 0. The van der Waals surface area contributed by atoms with Crippen LogP contribution in [0.2, 0.25) is 0 Å². The first-order chi connectivity index (χ1) is 19.8. The van der Waals surface area contributed by atoms with Crippen molar-refractivity contribution in [1.29, 1.82) is 0 Å². The zero-order valence-corrected chi connectivity index (χ0v) is 25.6. The number of hydrogen-bond acceptors (Lipinski definition) is 5. The van der Waals surface area contributed by atoms with Crippen LogP contribution < -0.4 is 10.9 Å². The number of aromatic nitrogens is 2. The van der Waals surface area contributed by atoms with Gasteiger partial charge >= 0.3 is 6.09 Å². The highest BCUT2D eigenvalue weighted by molar-refractivity contribution is 5.94. The van der Waals surface area contributed by atoms with Gasteiger partial charge in [0.1, 0.15) is 11.6 Å². The van der Waals surface area contributed by atoms with Crippen molar-refractivity contribution in [2.75, 3.05) is 13.1 Å².